The second-order valence-corrected chi connectivity index (χ2v) is 7.32. The van der Waals surface area contributed by atoms with Gasteiger partial charge in [-0.1, -0.05) is 6.07 Å². The number of benzene rings is 2. The molecule has 0 atom stereocenters. The minimum atomic E-state index is -0.292. The SMILES string of the molecule is COc1cnc(Nc2ccc(N3CCN(C)CC3)c(F)c2)nc1Oc1cccc(N)c1. The van der Waals surface area contributed by atoms with E-state index < -0.39 is 0 Å². The van der Waals surface area contributed by atoms with E-state index in [4.69, 9.17) is 15.2 Å². The van der Waals surface area contributed by atoms with Crippen LogP contribution in [0.5, 0.6) is 17.4 Å². The lowest BCUT2D eigenvalue weighted by atomic mass is 10.2. The Hall–Kier alpha value is -3.59. The number of halogens is 1. The molecule has 0 amide bonds. The molecule has 1 aromatic heterocycles. The second-order valence-electron chi connectivity index (χ2n) is 7.32. The molecule has 2 aromatic carbocycles. The van der Waals surface area contributed by atoms with Gasteiger partial charge in [0.05, 0.1) is 19.0 Å². The molecule has 2 heterocycles. The zero-order chi connectivity index (χ0) is 21.8. The number of nitrogen functional groups attached to an aromatic ring is 1. The Bertz CT molecular complexity index is 1060. The minimum absolute atomic E-state index is 0.222. The number of aromatic nitrogens is 2. The van der Waals surface area contributed by atoms with E-state index in [0.717, 1.165) is 26.2 Å². The first kappa shape index (κ1) is 20.7. The van der Waals surface area contributed by atoms with E-state index in [9.17, 15) is 4.39 Å². The Morgan fingerprint density at radius 3 is 2.61 bits per heavy atom. The molecule has 1 fully saturated rings. The quantitative estimate of drug-likeness (QED) is 0.582. The molecule has 9 heteroatoms. The van der Waals surface area contributed by atoms with Gasteiger partial charge in [0.1, 0.15) is 11.6 Å². The average molecular weight is 424 g/mol. The zero-order valence-corrected chi connectivity index (χ0v) is 17.5. The van der Waals surface area contributed by atoms with Crippen LogP contribution < -0.4 is 25.4 Å². The minimum Gasteiger partial charge on any atom is -0.490 e. The van der Waals surface area contributed by atoms with Gasteiger partial charge in [-0.2, -0.15) is 4.98 Å². The molecule has 1 aliphatic heterocycles. The first-order valence-corrected chi connectivity index (χ1v) is 9.96. The predicted octanol–water partition coefficient (Wildman–Crippen LogP) is 3.49. The van der Waals surface area contributed by atoms with Crippen molar-refractivity contribution >= 4 is 23.0 Å². The molecule has 3 aromatic rings. The van der Waals surface area contributed by atoms with Crippen LogP contribution in [0, 0.1) is 5.82 Å². The third-order valence-electron chi connectivity index (χ3n) is 5.06. The topological polar surface area (TPSA) is 88.8 Å². The fraction of sp³-hybridized carbons (Fsp3) is 0.273. The van der Waals surface area contributed by atoms with Crippen molar-refractivity contribution in [1.82, 2.24) is 14.9 Å². The fourth-order valence-electron chi connectivity index (χ4n) is 3.34. The third kappa shape index (κ3) is 4.95. The third-order valence-corrected chi connectivity index (χ3v) is 5.06. The molecule has 8 nitrogen and oxygen atoms in total. The number of piperazine rings is 1. The summed E-state index contributed by atoms with van der Waals surface area (Å²) in [5.41, 5.74) is 7.51. The second kappa shape index (κ2) is 9.05. The van der Waals surface area contributed by atoms with E-state index >= 15 is 0 Å². The Balaban J connectivity index is 1.51. The summed E-state index contributed by atoms with van der Waals surface area (Å²) in [6.45, 7) is 3.42. The van der Waals surface area contributed by atoms with Crippen molar-refractivity contribution in [1.29, 1.82) is 0 Å². The molecule has 0 saturated carbocycles. The highest BCUT2D eigenvalue weighted by Gasteiger charge is 2.18. The Kier molecular flexibility index (Phi) is 6.03. The summed E-state index contributed by atoms with van der Waals surface area (Å²) >= 11 is 0. The number of likely N-dealkylation sites (N-methyl/N-ethyl adjacent to an activating group) is 1. The molecule has 0 aliphatic carbocycles. The van der Waals surface area contributed by atoms with Crippen molar-refractivity contribution in [3.05, 3.63) is 54.5 Å². The Labute approximate surface area is 180 Å². The molecular weight excluding hydrogens is 399 g/mol. The molecule has 31 heavy (non-hydrogen) atoms. The highest BCUT2D eigenvalue weighted by atomic mass is 19.1. The largest absolute Gasteiger partial charge is 0.490 e. The van der Waals surface area contributed by atoms with Crippen molar-refractivity contribution in [2.75, 3.05) is 56.3 Å². The van der Waals surface area contributed by atoms with Gasteiger partial charge in [-0.05, 0) is 37.4 Å². The van der Waals surface area contributed by atoms with Gasteiger partial charge < -0.3 is 30.3 Å². The number of nitrogens with one attached hydrogen (secondary N) is 1. The summed E-state index contributed by atoms with van der Waals surface area (Å²) in [6.07, 6.45) is 1.49. The lowest BCUT2D eigenvalue weighted by Gasteiger charge is -2.34. The molecule has 0 radical (unpaired) electrons. The van der Waals surface area contributed by atoms with Crippen LogP contribution in [0.2, 0.25) is 0 Å². The highest BCUT2D eigenvalue weighted by molar-refractivity contribution is 5.61. The van der Waals surface area contributed by atoms with Crippen LogP contribution in [0.15, 0.2) is 48.7 Å². The van der Waals surface area contributed by atoms with E-state index in [1.54, 1.807) is 30.3 Å². The first-order chi connectivity index (χ1) is 15.0. The van der Waals surface area contributed by atoms with E-state index in [1.165, 1.54) is 19.4 Å². The summed E-state index contributed by atoms with van der Waals surface area (Å²) < 4.78 is 25.9. The summed E-state index contributed by atoms with van der Waals surface area (Å²) in [5, 5.41) is 3.02. The van der Waals surface area contributed by atoms with Crippen LogP contribution in [0.25, 0.3) is 0 Å². The van der Waals surface area contributed by atoms with Gasteiger partial charge in [0.15, 0.2) is 5.75 Å². The van der Waals surface area contributed by atoms with Crippen LogP contribution in [-0.2, 0) is 0 Å². The van der Waals surface area contributed by atoms with Gasteiger partial charge in [0.25, 0.3) is 5.88 Å². The standard InChI is InChI=1S/C22H25FN6O2/c1-28-8-10-29(11-9-28)19-7-6-16(13-18(19)23)26-22-25-14-20(30-2)21(27-22)31-17-5-3-4-15(24)12-17/h3-7,12-14H,8-11,24H2,1-2H3,(H,25,26,27). The number of nitrogens with two attached hydrogens (primary N) is 1. The normalized spacial score (nSPS) is 14.4. The fourth-order valence-corrected chi connectivity index (χ4v) is 3.34. The summed E-state index contributed by atoms with van der Waals surface area (Å²) in [6, 6.07) is 12.0. The van der Waals surface area contributed by atoms with Crippen molar-refractivity contribution in [2.24, 2.45) is 0 Å². The first-order valence-electron chi connectivity index (χ1n) is 9.96. The maximum absolute atomic E-state index is 14.8. The summed E-state index contributed by atoms with van der Waals surface area (Å²) in [4.78, 5) is 12.9. The number of hydrogen-bond acceptors (Lipinski definition) is 8. The average Bonchev–Trinajstić information content (AvgIpc) is 2.75. The van der Waals surface area contributed by atoms with E-state index in [1.807, 2.05) is 6.07 Å². The molecule has 1 saturated heterocycles. The van der Waals surface area contributed by atoms with Crippen LogP contribution >= 0.6 is 0 Å². The highest BCUT2D eigenvalue weighted by Crippen LogP contribution is 2.31. The molecule has 0 bridgehead atoms. The van der Waals surface area contributed by atoms with Crippen molar-refractivity contribution in [2.45, 2.75) is 0 Å². The molecule has 162 valence electrons. The maximum atomic E-state index is 14.8. The van der Waals surface area contributed by atoms with Gasteiger partial charge in [0, 0.05) is 43.6 Å². The number of nitrogens with zero attached hydrogens (tertiary/aromatic N) is 4. The van der Waals surface area contributed by atoms with Gasteiger partial charge in [0.2, 0.25) is 5.95 Å². The molecule has 4 rings (SSSR count). The molecule has 1 aliphatic rings. The number of rotatable bonds is 6. The summed E-state index contributed by atoms with van der Waals surface area (Å²) in [7, 11) is 3.57. The van der Waals surface area contributed by atoms with Crippen LogP contribution in [0.1, 0.15) is 0 Å². The molecule has 3 N–H and O–H groups in total. The van der Waals surface area contributed by atoms with Crippen LogP contribution in [-0.4, -0.2) is 55.2 Å². The van der Waals surface area contributed by atoms with Gasteiger partial charge in [-0.3, -0.25) is 0 Å². The molecule has 0 unspecified atom stereocenters. The lowest BCUT2D eigenvalue weighted by molar-refractivity contribution is 0.311. The molecule has 0 spiro atoms. The van der Waals surface area contributed by atoms with Gasteiger partial charge in [-0.15, -0.1) is 0 Å². The summed E-state index contributed by atoms with van der Waals surface area (Å²) in [5.74, 6) is 1.07. The van der Waals surface area contributed by atoms with Gasteiger partial charge in [-0.25, -0.2) is 9.37 Å². The Morgan fingerprint density at radius 2 is 1.90 bits per heavy atom. The van der Waals surface area contributed by atoms with Crippen molar-refractivity contribution in [3.8, 4) is 17.4 Å². The van der Waals surface area contributed by atoms with E-state index in [0.29, 0.717) is 28.6 Å². The van der Waals surface area contributed by atoms with Crippen molar-refractivity contribution in [3.63, 3.8) is 0 Å². The number of ether oxygens (including phenoxy) is 2. The number of methoxy groups -OCH3 is 1. The zero-order valence-electron chi connectivity index (χ0n) is 17.5. The maximum Gasteiger partial charge on any atom is 0.267 e. The number of hydrogen-bond donors (Lipinski definition) is 2. The predicted molar refractivity (Wildman–Crippen MR) is 119 cm³/mol. The van der Waals surface area contributed by atoms with Gasteiger partial charge >= 0.3 is 0 Å². The van der Waals surface area contributed by atoms with Crippen molar-refractivity contribution < 1.29 is 13.9 Å². The van der Waals surface area contributed by atoms with E-state index in [2.05, 4.69) is 32.1 Å². The van der Waals surface area contributed by atoms with E-state index in [-0.39, 0.29) is 17.6 Å². The lowest BCUT2D eigenvalue weighted by Crippen LogP contribution is -2.44. The molecular formula is C22H25FN6O2. The monoisotopic (exact) mass is 424 g/mol. The Morgan fingerprint density at radius 1 is 1.10 bits per heavy atom. The van der Waals surface area contributed by atoms with Crippen LogP contribution in [0.3, 0.4) is 0 Å². The number of anilines is 4. The smallest absolute Gasteiger partial charge is 0.267 e. The van der Waals surface area contributed by atoms with Crippen LogP contribution in [0.4, 0.5) is 27.4 Å².